The van der Waals surface area contributed by atoms with Gasteiger partial charge in [0, 0.05) is 0 Å². The average Bonchev–Trinajstić information content (AvgIpc) is 2.72. The van der Waals surface area contributed by atoms with Crippen LogP contribution in [-0.4, -0.2) is 38.1 Å². The second-order valence-corrected chi connectivity index (χ2v) is 7.73. The van der Waals surface area contributed by atoms with Crippen molar-refractivity contribution in [3.8, 4) is 11.5 Å². The minimum atomic E-state index is -0.334. The lowest BCUT2D eigenvalue weighted by Crippen LogP contribution is -2.39. The Kier molecular flexibility index (Phi) is 8.52. The van der Waals surface area contributed by atoms with Crippen LogP contribution in [0.1, 0.15) is 50.9 Å². The first-order valence-corrected chi connectivity index (χ1v) is 10.2. The topological polar surface area (TPSA) is 50.8 Å². The Morgan fingerprint density at radius 2 is 1.72 bits per heavy atom. The molecule has 158 valence electrons. The van der Waals surface area contributed by atoms with Crippen molar-refractivity contribution in [3.05, 3.63) is 59.7 Å². The maximum atomic E-state index is 13.1. The van der Waals surface area contributed by atoms with E-state index in [0.717, 1.165) is 23.4 Å². The number of hydrogen-bond acceptors (Lipinski definition) is 4. The number of hydrogen-bond donors (Lipinski definition) is 1. The zero-order valence-corrected chi connectivity index (χ0v) is 18.4. The molecule has 2 rings (SSSR count). The zero-order valence-electron chi connectivity index (χ0n) is 18.4. The molecule has 0 saturated carbocycles. The summed E-state index contributed by atoms with van der Waals surface area (Å²) in [7, 11) is 3.60. The van der Waals surface area contributed by atoms with Gasteiger partial charge >= 0.3 is 0 Å². The van der Waals surface area contributed by atoms with Crippen LogP contribution in [0.25, 0.3) is 0 Å². The normalized spacial score (nSPS) is 13.2. The van der Waals surface area contributed by atoms with Crippen LogP contribution in [0.2, 0.25) is 0 Å². The van der Waals surface area contributed by atoms with E-state index >= 15 is 0 Å². The molecule has 5 nitrogen and oxygen atoms in total. The SMILES string of the molecule is CCN(C)C(C(=O)NC(C)c1ccc(OCC(C)C)c(OC)c1)c1ccccc1. The van der Waals surface area contributed by atoms with Gasteiger partial charge in [0.2, 0.25) is 5.91 Å². The van der Waals surface area contributed by atoms with E-state index in [1.807, 2.05) is 74.3 Å². The van der Waals surface area contributed by atoms with Crippen molar-refractivity contribution >= 4 is 5.91 Å². The molecule has 1 amide bonds. The van der Waals surface area contributed by atoms with Crippen molar-refractivity contribution < 1.29 is 14.3 Å². The van der Waals surface area contributed by atoms with Gasteiger partial charge in [-0.3, -0.25) is 9.69 Å². The number of methoxy groups -OCH3 is 1. The lowest BCUT2D eigenvalue weighted by atomic mass is 10.0. The van der Waals surface area contributed by atoms with E-state index in [2.05, 4.69) is 19.2 Å². The number of benzene rings is 2. The number of likely N-dealkylation sites (N-methyl/N-ethyl adjacent to an activating group) is 1. The first-order chi connectivity index (χ1) is 13.9. The molecule has 2 aromatic carbocycles. The molecule has 0 heterocycles. The molecule has 0 spiro atoms. The summed E-state index contributed by atoms with van der Waals surface area (Å²) < 4.78 is 11.3. The molecular formula is C24H34N2O3. The summed E-state index contributed by atoms with van der Waals surface area (Å²) in [6.45, 7) is 9.65. The van der Waals surface area contributed by atoms with Crippen LogP contribution in [0.5, 0.6) is 11.5 Å². The number of carbonyl (C=O) groups excluding carboxylic acids is 1. The third kappa shape index (κ3) is 6.23. The summed E-state index contributed by atoms with van der Waals surface area (Å²) >= 11 is 0. The molecule has 0 fully saturated rings. The lowest BCUT2D eigenvalue weighted by molar-refractivity contribution is -0.126. The van der Waals surface area contributed by atoms with Gasteiger partial charge < -0.3 is 14.8 Å². The van der Waals surface area contributed by atoms with Gasteiger partial charge in [-0.15, -0.1) is 0 Å². The Morgan fingerprint density at radius 1 is 1.03 bits per heavy atom. The fraction of sp³-hybridized carbons (Fsp3) is 0.458. The Morgan fingerprint density at radius 3 is 2.31 bits per heavy atom. The lowest BCUT2D eigenvalue weighted by Gasteiger charge is -2.28. The Bertz CT molecular complexity index is 777. The van der Waals surface area contributed by atoms with Gasteiger partial charge in [0.15, 0.2) is 11.5 Å². The van der Waals surface area contributed by atoms with Gasteiger partial charge in [0.1, 0.15) is 6.04 Å². The van der Waals surface area contributed by atoms with Crippen LogP contribution in [0.4, 0.5) is 0 Å². The second kappa shape index (κ2) is 10.9. The van der Waals surface area contributed by atoms with Crippen LogP contribution in [0, 0.1) is 5.92 Å². The van der Waals surface area contributed by atoms with Gasteiger partial charge in [0.05, 0.1) is 19.8 Å². The maximum Gasteiger partial charge on any atom is 0.242 e. The summed E-state index contributed by atoms with van der Waals surface area (Å²) in [4.78, 5) is 15.2. The fourth-order valence-corrected chi connectivity index (χ4v) is 3.13. The standard InChI is InChI=1S/C24H34N2O3/c1-7-26(5)23(19-11-9-8-10-12-19)24(27)25-18(4)20-13-14-21(22(15-20)28-6)29-16-17(2)3/h8-15,17-18,23H,7,16H2,1-6H3,(H,25,27). The van der Waals surface area contributed by atoms with E-state index in [-0.39, 0.29) is 18.0 Å². The van der Waals surface area contributed by atoms with Crippen molar-refractivity contribution in [2.24, 2.45) is 5.92 Å². The number of nitrogens with zero attached hydrogens (tertiary/aromatic N) is 1. The zero-order chi connectivity index (χ0) is 21.4. The first kappa shape index (κ1) is 22.8. The van der Waals surface area contributed by atoms with Crippen molar-refractivity contribution in [1.29, 1.82) is 0 Å². The fourth-order valence-electron chi connectivity index (χ4n) is 3.13. The molecule has 0 saturated heterocycles. The van der Waals surface area contributed by atoms with Gasteiger partial charge in [-0.25, -0.2) is 0 Å². The minimum Gasteiger partial charge on any atom is -0.493 e. The molecule has 5 heteroatoms. The quantitative estimate of drug-likeness (QED) is 0.635. The number of nitrogens with one attached hydrogen (secondary N) is 1. The highest BCUT2D eigenvalue weighted by Gasteiger charge is 2.25. The van der Waals surface area contributed by atoms with E-state index in [9.17, 15) is 4.79 Å². The van der Waals surface area contributed by atoms with E-state index in [1.165, 1.54) is 0 Å². The van der Waals surface area contributed by atoms with Crippen molar-refractivity contribution in [2.75, 3.05) is 27.3 Å². The largest absolute Gasteiger partial charge is 0.493 e. The van der Waals surface area contributed by atoms with Crippen LogP contribution >= 0.6 is 0 Å². The third-order valence-electron chi connectivity index (χ3n) is 4.92. The highest BCUT2D eigenvalue weighted by atomic mass is 16.5. The van der Waals surface area contributed by atoms with Crippen LogP contribution in [0.15, 0.2) is 48.5 Å². The first-order valence-electron chi connectivity index (χ1n) is 10.2. The Labute approximate surface area is 175 Å². The number of ether oxygens (including phenoxy) is 2. The van der Waals surface area contributed by atoms with E-state index in [4.69, 9.17) is 9.47 Å². The smallest absolute Gasteiger partial charge is 0.242 e. The molecular weight excluding hydrogens is 364 g/mol. The molecule has 2 atom stereocenters. The number of rotatable bonds is 10. The van der Waals surface area contributed by atoms with Gasteiger partial charge in [-0.2, -0.15) is 0 Å². The van der Waals surface area contributed by atoms with Gasteiger partial charge in [-0.1, -0.05) is 57.2 Å². The number of carbonyl (C=O) groups is 1. The molecule has 0 aliphatic heterocycles. The molecule has 2 unspecified atom stereocenters. The Hall–Kier alpha value is -2.53. The summed E-state index contributed by atoms with van der Waals surface area (Å²) in [6.07, 6.45) is 0. The second-order valence-electron chi connectivity index (χ2n) is 7.73. The molecule has 2 aromatic rings. The highest BCUT2D eigenvalue weighted by Crippen LogP contribution is 2.31. The summed E-state index contributed by atoms with van der Waals surface area (Å²) in [5.41, 5.74) is 1.95. The average molecular weight is 399 g/mol. The minimum absolute atomic E-state index is 0.0212. The van der Waals surface area contributed by atoms with Crippen LogP contribution in [-0.2, 0) is 4.79 Å². The van der Waals surface area contributed by atoms with Gasteiger partial charge in [0.25, 0.3) is 0 Å². The van der Waals surface area contributed by atoms with Gasteiger partial charge in [-0.05, 0) is 49.7 Å². The van der Waals surface area contributed by atoms with Crippen molar-refractivity contribution in [2.45, 2.75) is 39.8 Å². The monoisotopic (exact) mass is 398 g/mol. The summed E-state index contributed by atoms with van der Waals surface area (Å²) in [6, 6.07) is 15.2. The predicted molar refractivity (Wildman–Crippen MR) is 117 cm³/mol. The summed E-state index contributed by atoms with van der Waals surface area (Å²) in [5.74, 6) is 1.81. The van der Waals surface area contributed by atoms with E-state index in [0.29, 0.717) is 18.3 Å². The highest BCUT2D eigenvalue weighted by molar-refractivity contribution is 5.83. The van der Waals surface area contributed by atoms with Crippen molar-refractivity contribution in [3.63, 3.8) is 0 Å². The van der Waals surface area contributed by atoms with Crippen molar-refractivity contribution in [1.82, 2.24) is 10.2 Å². The molecule has 0 aliphatic carbocycles. The third-order valence-corrected chi connectivity index (χ3v) is 4.92. The molecule has 29 heavy (non-hydrogen) atoms. The number of amides is 1. The predicted octanol–water partition coefficient (Wildman–Crippen LogP) is 4.60. The summed E-state index contributed by atoms with van der Waals surface area (Å²) in [5, 5.41) is 3.15. The Balaban J connectivity index is 2.16. The van der Waals surface area contributed by atoms with Crippen LogP contribution < -0.4 is 14.8 Å². The van der Waals surface area contributed by atoms with Crippen LogP contribution in [0.3, 0.4) is 0 Å². The molecule has 0 aliphatic rings. The van der Waals surface area contributed by atoms with E-state index in [1.54, 1.807) is 7.11 Å². The maximum absolute atomic E-state index is 13.1. The molecule has 1 N–H and O–H groups in total. The molecule has 0 radical (unpaired) electrons. The molecule has 0 aromatic heterocycles. The molecule has 0 bridgehead atoms. The van der Waals surface area contributed by atoms with E-state index < -0.39 is 0 Å².